The number of aliphatic imine (C=N–C) groups is 1. The van der Waals surface area contributed by atoms with E-state index in [0.717, 1.165) is 42.3 Å². The standard InChI is InChI=1S/C24H34N4O2/c1-6-25-24(27-17-20-10-12-22(13-11-20)30-18(2)3)26-15-14-19-8-7-9-21(16-19)23(29)28(4)5/h7-13,16,18H,6,14-15,17H2,1-5H3,(H2,25,26,27). The predicted molar refractivity (Wildman–Crippen MR) is 123 cm³/mol. The van der Waals surface area contributed by atoms with Crippen molar-refractivity contribution < 1.29 is 9.53 Å². The molecule has 2 rings (SSSR count). The van der Waals surface area contributed by atoms with Crippen LogP contribution in [0.3, 0.4) is 0 Å². The third-order valence-corrected chi connectivity index (χ3v) is 4.35. The molecule has 0 aliphatic heterocycles. The minimum atomic E-state index is 0.0181. The Morgan fingerprint density at radius 3 is 2.43 bits per heavy atom. The van der Waals surface area contributed by atoms with E-state index in [2.05, 4.69) is 15.6 Å². The zero-order chi connectivity index (χ0) is 21.9. The first kappa shape index (κ1) is 23.3. The molecular weight excluding hydrogens is 376 g/mol. The molecular formula is C24H34N4O2. The first-order chi connectivity index (χ1) is 14.4. The van der Waals surface area contributed by atoms with Gasteiger partial charge in [0.2, 0.25) is 0 Å². The number of ether oxygens (including phenoxy) is 1. The maximum atomic E-state index is 12.1. The van der Waals surface area contributed by atoms with Gasteiger partial charge in [0.1, 0.15) is 5.75 Å². The largest absolute Gasteiger partial charge is 0.491 e. The first-order valence-electron chi connectivity index (χ1n) is 10.5. The van der Waals surface area contributed by atoms with Crippen molar-refractivity contribution in [3.63, 3.8) is 0 Å². The molecule has 2 N–H and O–H groups in total. The SMILES string of the molecule is CCNC(=NCc1ccc(OC(C)C)cc1)NCCc1cccc(C(=O)N(C)C)c1. The second-order valence-corrected chi connectivity index (χ2v) is 7.58. The number of nitrogens with zero attached hydrogens (tertiary/aromatic N) is 2. The summed E-state index contributed by atoms with van der Waals surface area (Å²) in [5.74, 6) is 1.67. The van der Waals surface area contributed by atoms with Gasteiger partial charge < -0.3 is 20.3 Å². The van der Waals surface area contributed by atoms with Crippen molar-refractivity contribution in [2.45, 2.75) is 39.8 Å². The van der Waals surface area contributed by atoms with Gasteiger partial charge in [-0.15, -0.1) is 0 Å². The lowest BCUT2D eigenvalue weighted by Crippen LogP contribution is -2.38. The van der Waals surface area contributed by atoms with Crippen molar-refractivity contribution in [1.29, 1.82) is 0 Å². The Labute approximate surface area is 180 Å². The van der Waals surface area contributed by atoms with Gasteiger partial charge >= 0.3 is 0 Å². The van der Waals surface area contributed by atoms with Gasteiger partial charge in [0, 0.05) is 32.7 Å². The fourth-order valence-electron chi connectivity index (χ4n) is 2.90. The fourth-order valence-corrected chi connectivity index (χ4v) is 2.90. The van der Waals surface area contributed by atoms with Crippen LogP contribution in [0.15, 0.2) is 53.5 Å². The van der Waals surface area contributed by atoms with Crippen LogP contribution in [0.5, 0.6) is 5.75 Å². The molecule has 1 amide bonds. The molecule has 0 aliphatic carbocycles. The number of carbonyl (C=O) groups is 1. The molecule has 0 radical (unpaired) electrons. The summed E-state index contributed by atoms with van der Waals surface area (Å²) in [5.41, 5.74) is 2.95. The minimum Gasteiger partial charge on any atom is -0.491 e. The number of carbonyl (C=O) groups excluding carboxylic acids is 1. The van der Waals surface area contributed by atoms with Crippen molar-refractivity contribution in [2.24, 2.45) is 4.99 Å². The van der Waals surface area contributed by atoms with Crippen LogP contribution in [0.4, 0.5) is 0 Å². The highest BCUT2D eigenvalue weighted by Crippen LogP contribution is 2.14. The molecule has 2 aromatic rings. The van der Waals surface area contributed by atoms with Crippen molar-refractivity contribution >= 4 is 11.9 Å². The van der Waals surface area contributed by atoms with E-state index in [-0.39, 0.29) is 12.0 Å². The molecule has 0 saturated carbocycles. The molecule has 0 saturated heterocycles. The van der Waals surface area contributed by atoms with Gasteiger partial charge in [-0.1, -0.05) is 24.3 Å². The van der Waals surface area contributed by atoms with Gasteiger partial charge in [0.25, 0.3) is 5.91 Å². The summed E-state index contributed by atoms with van der Waals surface area (Å²) in [5, 5.41) is 6.64. The van der Waals surface area contributed by atoms with Crippen LogP contribution in [-0.2, 0) is 13.0 Å². The van der Waals surface area contributed by atoms with E-state index in [4.69, 9.17) is 4.74 Å². The summed E-state index contributed by atoms with van der Waals surface area (Å²) in [6, 6.07) is 15.8. The van der Waals surface area contributed by atoms with Crippen molar-refractivity contribution in [1.82, 2.24) is 15.5 Å². The minimum absolute atomic E-state index is 0.0181. The Bertz CT molecular complexity index is 829. The van der Waals surface area contributed by atoms with Crippen LogP contribution in [0.2, 0.25) is 0 Å². The second-order valence-electron chi connectivity index (χ2n) is 7.58. The number of rotatable bonds is 9. The topological polar surface area (TPSA) is 66.0 Å². The molecule has 2 aromatic carbocycles. The summed E-state index contributed by atoms with van der Waals surface area (Å²) in [6.07, 6.45) is 0.973. The molecule has 0 unspecified atom stereocenters. The van der Waals surface area contributed by atoms with Gasteiger partial charge in [-0.05, 0) is 62.6 Å². The summed E-state index contributed by atoms with van der Waals surface area (Å²) in [6.45, 7) is 8.19. The zero-order valence-corrected chi connectivity index (χ0v) is 18.7. The van der Waals surface area contributed by atoms with Crippen molar-refractivity contribution in [3.8, 4) is 5.75 Å². The molecule has 6 nitrogen and oxygen atoms in total. The van der Waals surface area contributed by atoms with E-state index in [1.54, 1.807) is 19.0 Å². The molecule has 0 aliphatic rings. The molecule has 0 bridgehead atoms. The highest BCUT2D eigenvalue weighted by molar-refractivity contribution is 5.94. The lowest BCUT2D eigenvalue weighted by Gasteiger charge is -2.13. The Kier molecular flexibility index (Phi) is 9.19. The Hall–Kier alpha value is -3.02. The van der Waals surface area contributed by atoms with E-state index in [0.29, 0.717) is 12.1 Å². The lowest BCUT2D eigenvalue weighted by molar-refractivity contribution is 0.0827. The van der Waals surface area contributed by atoms with Gasteiger partial charge in [-0.3, -0.25) is 4.79 Å². The quantitative estimate of drug-likeness (QED) is 0.491. The van der Waals surface area contributed by atoms with Crippen LogP contribution in [0.25, 0.3) is 0 Å². The molecule has 0 spiro atoms. The Morgan fingerprint density at radius 2 is 1.80 bits per heavy atom. The first-order valence-corrected chi connectivity index (χ1v) is 10.5. The molecule has 0 heterocycles. The number of hydrogen-bond acceptors (Lipinski definition) is 3. The molecule has 0 aromatic heterocycles. The van der Waals surface area contributed by atoms with E-state index in [1.807, 2.05) is 69.3 Å². The van der Waals surface area contributed by atoms with Crippen molar-refractivity contribution in [2.75, 3.05) is 27.2 Å². The Morgan fingerprint density at radius 1 is 1.07 bits per heavy atom. The summed E-state index contributed by atoms with van der Waals surface area (Å²) in [4.78, 5) is 18.4. The van der Waals surface area contributed by atoms with Crippen molar-refractivity contribution in [3.05, 3.63) is 65.2 Å². The molecule has 0 fully saturated rings. The number of amides is 1. The fraction of sp³-hybridized carbons (Fsp3) is 0.417. The van der Waals surface area contributed by atoms with E-state index < -0.39 is 0 Å². The third-order valence-electron chi connectivity index (χ3n) is 4.35. The summed E-state index contributed by atoms with van der Waals surface area (Å²) < 4.78 is 5.68. The molecule has 0 atom stereocenters. The monoisotopic (exact) mass is 410 g/mol. The van der Waals surface area contributed by atoms with E-state index in [9.17, 15) is 4.79 Å². The number of hydrogen-bond donors (Lipinski definition) is 2. The highest BCUT2D eigenvalue weighted by atomic mass is 16.5. The van der Waals surface area contributed by atoms with E-state index in [1.165, 1.54) is 0 Å². The van der Waals surface area contributed by atoms with Gasteiger partial charge in [-0.2, -0.15) is 0 Å². The van der Waals surface area contributed by atoms with Crippen LogP contribution in [0.1, 0.15) is 42.3 Å². The molecule has 6 heteroatoms. The Balaban J connectivity index is 1.91. The molecule has 162 valence electrons. The molecule has 30 heavy (non-hydrogen) atoms. The van der Waals surface area contributed by atoms with E-state index >= 15 is 0 Å². The van der Waals surface area contributed by atoms with Crippen LogP contribution in [-0.4, -0.2) is 50.1 Å². The second kappa shape index (κ2) is 11.9. The van der Waals surface area contributed by atoms with Gasteiger partial charge in [0.15, 0.2) is 5.96 Å². The summed E-state index contributed by atoms with van der Waals surface area (Å²) in [7, 11) is 3.53. The third kappa shape index (κ3) is 7.78. The maximum absolute atomic E-state index is 12.1. The normalized spacial score (nSPS) is 11.3. The van der Waals surface area contributed by atoms with Crippen LogP contribution in [0, 0.1) is 0 Å². The van der Waals surface area contributed by atoms with Crippen LogP contribution >= 0.6 is 0 Å². The van der Waals surface area contributed by atoms with Crippen LogP contribution < -0.4 is 15.4 Å². The average molecular weight is 411 g/mol. The van der Waals surface area contributed by atoms with Gasteiger partial charge in [0.05, 0.1) is 12.6 Å². The number of guanidine groups is 1. The summed E-state index contributed by atoms with van der Waals surface area (Å²) >= 11 is 0. The average Bonchev–Trinajstić information content (AvgIpc) is 2.72. The lowest BCUT2D eigenvalue weighted by atomic mass is 10.1. The maximum Gasteiger partial charge on any atom is 0.253 e. The predicted octanol–water partition coefficient (Wildman–Crippen LogP) is 3.47. The zero-order valence-electron chi connectivity index (χ0n) is 18.7. The highest BCUT2D eigenvalue weighted by Gasteiger charge is 2.08. The number of nitrogens with one attached hydrogen (secondary N) is 2. The smallest absolute Gasteiger partial charge is 0.253 e. The number of benzene rings is 2. The van der Waals surface area contributed by atoms with Gasteiger partial charge in [-0.25, -0.2) is 4.99 Å².